The van der Waals surface area contributed by atoms with E-state index in [1.807, 2.05) is 46.8 Å². The van der Waals surface area contributed by atoms with Crippen LogP contribution in [0, 0.1) is 11.3 Å². The van der Waals surface area contributed by atoms with E-state index < -0.39 is 0 Å². The largest absolute Gasteiger partial charge is 0.388 e. The molecule has 0 radical (unpaired) electrons. The average molecular weight is 468 g/mol. The van der Waals surface area contributed by atoms with Crippen molar-refractivity contribution >= 4 is 28.9 Å². The molecule has 0 bridgehead atoms. The van der Waals surface area contributed by atoms with Gasteiger partial charge >= 0.3 is 0 Å². The lowest BCUT2D eigenvalue weighted by atomic mass is 10.1. The second-order valence-corrected chi connectivity index (χ2v) is 8.15. The Morgan fingerprint density at radius 3 is 2.66 bits per heavy atom. The molecule has 10 nitrogen and oxygen atoms in total. The molecule has 1 amide bonds. The number of nitrogens with one attached hydrogen (secondary N) is 2. The number of carbonyl (C=O) groups excluding carboxylic acids is 1. The number of rotatable bonds is 6. The van der Waals surface area contributed by atoms with Crippen molar-refractivity contribution in [2.24, 2.45) is 0 Å². The minimum atomic E-state index is 0.00617. The van der Waals surface area contributed by atoms with Crippen LogP contribution in [0.5, 0.6) is 0 Å². The zero-order valence-corrected chi connectivity index (χ0v) is 19.3. The number of aromatic nitrogens is 4. The Labute approximate surface area is 202 Å². The van der Waals surface area contributed by atoms with E-state index in [0.29, 0.717) is 43.2 Å². The van der Waals surface area contributed by atoms with Crippen LogP contribution < -0.4 is 15.5 Å². The first-order valence-corrected chi connectivity index (χ1v) is 11.4. The van der Waals surface area contributed by atoms with Gasteiger partial charge in [0.1, 0.15) is 23.4 Å². The van der Waals surface area contributed by atoms with Crippen LogP contribution in [0.4, 0.5) is 17.3 Å². The van der Waals surface area contributed by atoms with E-state index in [2.05, 4.69) is 31.6 Å². The summed E-state index contributed by atoms with van der Waals surface area (Å²) in [5, 5.41) is 15.8. The summed E-state index contributed by atoms with van der Waals surface area (Å²) in [4.78, 5) is 30.2. The predicted octanol–water partition coefficient (Wildman–Crippen LogP) is 2.47. The monoisotopic (exact) mass is 467 g/mol. The second kappa shape index (κ2) is 9.69. The second-order valence-electron chi connectivity index (χ2n) is 8.15. The minimum absolute atomic E-state index is 0.00617. The van der Waals surface area contributed by atoms with Gasteiger partial charge in [0.25, 0.3) is 0 Å². The van der Waals surface area contributed by atoms with Crippen LogP contribution in [0.3, 0.4) is 0 Å². The van der Waals surface area contributed by atoms with Crippen LogP contribution >= 0.6 is 0 Å². The summed E-state index contributed by atoms with van der Waals surface area (Å²) in [7, 11) is 1.88. The fraction of sp³-hybridized carbons (Fsp3) is 0.240. The molecule has 0 unspecified atom stereocenters. The van der Waals surface area contributed by atoms with Crippen molar-refractivity contribution in [1.29, 1.82) is 5.26 Å². The normalized spacial score (nSPS) is 13.5. The number of nitrogens with zero attached hydrogens (tertiary/aromatic N) is 7. The molecule has 0 atom stereocenters. The molecule has 176 valence electrons. The number of hydrogen-bond acceptors (Lipinski definition) is 8. The van der Waals surface area contributed by atoms with Gasteiger partial charge in [-0.25, -0.2) is 9.97 Å². The summed E-state index contributed by atoms with van der Waals surface area (Å²) in [5.74, 6) is 1.43. The molecule has 5 rings (SSSR count). The smallest absolute Gasteiger partial charge is 0.242 e. The SMILES string of the molecule is CNc1ccc(-c2nc3cnccn3c2NCC(=O)N2CCN(c3ncccc3C#N)CC2)cc1. The van der Waals surface area contributed by atoms with Gasteiger partial charge in [0, 0.05) is 63.1 Å². The van der Waals surface area contributed by atoms with Gasteiger partial charge in [-0.05, 0) is 24.3 Å². The summed E-state index contributed by atoms with van der Waals surface area (Å²) in [5.41, 5.74) is 3.96. The van der Waals surface area contributed by atoms with Crippen LogP contribution in [0.25, 0.3) is 16.9 Å². The highest BCUT2D eigenvalue weighted by atomic mass is 16.2. The molecule has 1 fully saturated rings. The van der Waals surface area contributed by atoms with Gasteiger partial charge in [-0.15, -0.1) is 0 Å². The number of anilines is 3. The number of carbonyl (C=O) groups is 1. The summed E-state index contributed by atoms with van der Waals surface area (Å²) in [6.07, 6.45) is 6.92. The van der Waals surface area contributed by atoms with Crippen molar-refractivity contribution in [3.05, 3.63) is 66.7 Å². The van der Waals surface area contributed by atoms with Gasteiger partial charge < -0.3 is 20.4 Å². The van der Waals surface area contributed by atoms with Gasteiger partial charge in [0.15, 0.2) is 5.65 Å². The van der Waals surface area contributed by atoms with Gasteiger partial charge in [0.05, 0.1) is 18.3 Å². The molecule has 4 aromatic rings. The topological polar surface area (TPSA) is 114 Å². The first kappa shape index (κ1) is 22.2. The van der Waals surface area contributed by atoms with Crippen molar-refractivity contribution in [3.63, 3.8) is 0 Å². The zero-order chi connectivity index (χ0) is 24.2. The Morgan fingerprint density at radius 2 is 1.91 bits per heavy atom. The van der Waals surface area contributed by atoms with E-state index in [0.717, 1.165) is 22.8 Å². The lowest BCUT2D eigenvalue weighted by molar-refractivity contribution is -0.129. The highest BCUT2D eigenvalue weighted by molar-refractivity contribution is 5.84. The van der Waals surface area contributed by atoms with Gasteiger partial charge in [0.2, 0.25) is 5.91 Å². The molecule has 0 spiro atoms. The molecule has 1 aliphatic rings. The molecule has 2 N–H and O–H groups in total. The third-order valence-electron chi connectivity index (χ3n) is 6.12. The average Bonchev–Trinajstić information content (AvgIpc) is 3.30. The fourth-order valence-corrected chi connectivity index (χ4v) is 4.25. The molecular formula is C25H25N9O. The summed E-state index contributed by atoms with van der Waals surface area (Å²) >= 11 is 0. The predicted molar refractivity (Wildman–Crippen MR) is 134 cm³/mol. The Balaban J connectivity index is 1.29. The molecular weight excluding hydrogens is 442 g/mol. The maximum absolute atomic E-state index is 13.1. The van der Waals surface area contributed by atoms with E-state index in [1.165, 1.54) is 0 Å². The maximum Gasteiger partial charge on any atom is 0.242 e. The van der Waals surface area contributed by atoms with Crippen LogP contribution in [0.2, 0.25) is 0 Å². The number of pyridine rings is 1. The zero-order valence-electron chi connectivity index (χ0n) is 19.3. The fourth-order valence-electron chi connectivity index (χ4n) is 4.25. The van der Waals surface area contributed by atoms with Crippen molar-refractivity contribution < 1.29 is 4.79 Å². The number of fused-ring (bicyclic) bond motifs is 1. The molecule has 3 aromatic heterocycles. The maximum atomic E-state index is 13.1. The van der Waals surface area contributed by atoms with Crippen molar-refractivity contribution in [3.8, 4) is 17.3 Å². The standard InChI is InChI=1S/C25H25N9O/c1-27-20-6-4-18(5-7-20)23-25(34-10-9-28-16-21(34)31-23)30-17-22(35)32-11-13-33(14-12-32)24-19(15-26)3-2-8-29-24/h2-10,16,27,30H,11-14,17H2,1H3. The highest BCUT2D eigenvalue weighted by Crippen LogP contribution is 2.29. The molecule has 0 aliphatic carbocycles. The van der Waals surface area contributed by atoms with Crippen LogP contribution in [0.15, 0.2) is 61.2 Å². The molecule has 10 heteroatoms. The van der Waals surface area contributed by atoms with Gasteiger partial charge in [-0.1, -0.05) is 12.1 Å². The molecule has 1 aliphatic heterocycles. The summed E-state index contributed by atoms with van der Waals surface area (Å²) in [6, 6.07) is 13.7. The highest BCUT2D eigenvalue weighted by Gasteiger charge is 2.24. The third kappa shape index (κ3) is 4.44. The van der Waals surface area contributed by atoms with Gasteiger partial charge in [-0.2, -0.15) is 5.26 Å². The van der Waals surface area contributed by atoms with Crippen LogP contribution in [-0.2, 0) is 4.79 Å². The summed E-state index contributed by atoms with van der Waals surface area (Å²) < 4.78 is 1.91. The number of amides is 1. The quantitative estimate of drug-likeness (QED) is 0.445. The van der Waals surface area contributed by atoms with Crippen molar-refractivity contribution in [1.82, 2.24) is 24.3 Å². The Bertz CT molecular complexity index is 1380. The van der Waals surface area contributed by atoms with Crippen molar-refractivity contribution in [2.45, 2.75) is 0 Å². The van der Waals surface area contributed by atoms with Crippen molar-refractivity contribution in [2.75, 3.05) is 55.3 Å². The molecule has 35 heavy (non-hydrogen) atoms. The minimum Gasteiger partial charge on any atom is -0.388 e. The third-order valence-corrected chi connectivity index (χ3v) is 6.12. The lowest BCUT2D eigenvalue weighted by Gasteiger charge is -2.35. The van der Waals surface area contributed by atoms with Crippen LogP contribution in [-0.4, -0.2) is 69.9 Å². The number of piperazine rings is 1. The van der Waals surface area contributed by atoms with E-state index in [1.54, 1.807) is 30.7 Å². The number of imidazole rings is 1. The van der Waals surface area contributed by atoms with Gasteiger partial charge in [-0.3, -0.25) is 14.2 Å². The molecule has 0 saturated carbocycles. The first-order chi connectivity index (χ1) is 17.2. The summed E-state index contributed by atoms with van der Waals surface area (Å²) in [6.45, 7) is 2.53. The van der Waals surface area contributed by atoms with E-state index >= 15 is 0 Å². The molecule has 1 aromatic carbocycles. The Kier molecular flexibility index (Phi) is 6.13. The number of benzene rings is 1. The number of hydrogen-bond donors (Lipinski definition) is 2. The molecule has 4 heterocycles. The van der Waals surface area contributed by atoms with E-state index in [9.17, 15) is 10.1 Å². The Hall–Kier alpha value is -4.65. The number of nitriles is 1. The lowest BCUT2D eigenvalue weighted by Crippen LogP contribution is -2.50. The first-order valence-electron chi connectivity index (χ1n) is 11.4. The van der Waals surface area contributed by atoms with E-state index in [4.69, 9.17) is 4.98 Å². The van der Waals surface area contributed by atoms with Crippen LogP contribution in [0.1, 0.15) is 5.56 Å². The Morgan fingerprint density at radius 1 is 1.11 bits per heavy atom. The molecule has 1 saturated heterocycles. The van der Waals surface area contributed by atoms with E-state index in [-0.39, 0.29) is 12.5 Å².